The lowest BCUT2D eigenvalue weighted by atomic mass is 10.3. The lowest BCUT2D eigenvalue weighted by Crippen LogP contribution is -2.04. The molecule has 0 saturated heterocycles. The van der Waals surface area contributed by atoms with Gasteiger partial charge in [0.25, 0.3) is 0 Å². The van der Waals surface area contributed by atoms with Crippen molar-refractivity contribution in [2.75, 3.05) is 10.6 Å². The molecular formula is C19H14BrN5O2. The fourth-order valence-electron chi connectivity index (χ4n) is 2.46. The zero-order valence-corrected chi connectivity index (χ0v) is 15.5. The minimum absolute atomic E-state index is 0.180. The van der Waals surface area contributed by atoms with Crippen molar-refractivity contribution in [1.82, 2.24) is 15.0 Å². The molecule has 8 heteroatoms. The van der Waals surface area contributed by atoms with Crippen molar-refractivity contribution in [2.24, 2.45) is 0 Å². The fraction of sp³-hybridized carbons (Fsp3) is 0. The molecule has 0 aliphatic rings. The Morgan fingerprint density at radius 2 is 1.26 bits per heavy atom. The Labute approximate surface area is 162 Å². The molecule has 0 atom stereocenters. The molecule has 4 rings (SSSR count). The third-order valence-electron chi connectivity index (χ3n) is 3.75. The van der Waals surface area contributed by atoms with Crippen molar-refractivity contribution < 1.29 is 10.2 Å². The summed E-state index contributed by atoms with van der Waals surface area (Å²) in [5, 5.41) is 25.3. The fourth-order valence-corrected chi connectivity index (χ4v) is 2.78. The number of halogens is 1. The van der Waals surface area contributed by atoms with Gasteiger partial charge in [0.2, 0.25) is 0 Å². The summed E-state index contributed by atoms with van der Waals surface area (Å²) >= 11 is 3.39. The molecule has 0 fully saturated rings. The quantitative estimate of drug-likeness (QED) is 0.353. The molecule has 2 aromatic carbocycles. The van der Waals surface area contributed by atoms with Crippen molar-refractivity contribution in [3.63, 3.8) is 0 Å². The zero-order chi connectivity index (χ0) is 18.8. The normalized spacial score (nSPS) is 10.7. The maximum absolute atomic E-state index is 9.46. The number of phenolic OH excluding ortho intramolecular Hbond substituents is 2. The van der Waals surface area contributed by atoms with E-state index in [1.807, 2.05) is 6.07 Å². The van der Waals surface area contributed by atoms with E-state index in [1.54, 1.807) is 54.7 Å². The van der Waals surface area contributed by atoms with Crippen molar-refractivity contribution in [3.8, 4) is 11.5 Å². The van der Waals surface area contributed by atoms with Gasteiger partial charge in [-0.1, -0.05) is 0 Å². The van der Waals surface area contributed by atoms with Crippen LogP contribution in [0.15, 0.2) is 65.3 Å². The summed E-state index contributed by atoms with van der Waals surface area (Å²) in [4.78, 5) is 13.5. The van der Waals surface area contributed by atoms with Crippen molar-refractivity contribution in [2.45, 2.75) is 0 Å². The molecule has 0 spiro atoms. The maximum atomic E-state index is 9.46. The minimum atomic E-state index is 0.180. The predicted molar refractivity (Wildman–Crippen MR) is 108 cm³/mol. The highest BCUT2D eigenvalue weighted by Gasteiger charge is 2.11. The predicted octanol–water partition coefficient (Wildman–Crippen LogP) is 4.69. The highest BCUT2D eigenvalue weighted by Crippen LogP contribution is 2.29. The second-order valence-corrected chi connectivity index (χ2v) is 6.68. The lowest BCUT2D eigenvalue weighted by molar-refractivity contribution is 0.475. The molecule has 0 aliphatic heterocycles. The Kier molecular flexibility index (Phi) is 4.47. The first-order valence-electron chi connectivity index (χ1n) is 8.02. The van der Waals surface area contributed by atoms with E-state index >= 15 is 0 Å². The molecule has 0 radical (unpaired) electrons. The van der Waals surface area contributed by atoms with Crippen LogP contribution < -0.4 is 10.6 Å². The number of fused-ring (bicyclic) bond motifs is 1. The number of aromatic nitrogens is 3. The van der Waals surface area contributed by atoms with Crippen LogP contribution in [0.5, 0.6) is 11.5 Å². The van der Waals surface area contributed by atoms with Gasteiger partial charge in [-0.3, -0.25) is 0 Å². The van der Waals surface area contributed by atoms with Crippen LogP contribution in [0.25, 0.3) is 11.2 Å². The van der Waals surface area contributed by atoms with Gasteiger partial charge in [0.1, 0.15) is 17.0 Å². The Hall–Kier alpha value is -3.39. The zero-order valence-electron chi connectivity index (χ0n) is 13.9. The molecule has 0 saturated carbocycles. The summed E-state index contributed by atoms with van der Waals surface area (Å²) in [5.74, 6) is 1.34. The first-order chi connectivity index (χ1) is 13.1. The Morgan fingerprint density at radius 3 is 1.81 bits per heavy atom. The number of benzene rings is 2. The standard InChI is InChI=1S/C19H14BrN5O2/c20-11-9-16-17(21-10-11)25-19(23-13-3-7-15(27)8-4-13)18(24-16)22-12-1-5-14(26)6-2-12/h1-10,26-27H,(H,22,24)(H,21,23,25). The average molecular weight is 424 g/mol. The Bertz CT molecular complexity index is 1100. The van der Waals surface area contributed by atoms with Gasteiger partial charge in [0.05, 0.1) is 0 Å². The van der Waals surface area contributed by atoms with Crippen LogP contribution in [0, 0.1) is 0 Å². The number of phenols is 2. The molecule has 4 aromatic rings. The molecule has 2 aromatic heterocycles. The third kappa shape index (κ3) is 3.90. The highest BCUT2D eigenvalue weighted by atomic mass is 79.9. The number of rotatable bonds is 4. The molecule has 0 aliphatic carbocycles. The van der Waals surface area contributed by atoms with Crippen LogP contribution in [-0.4, -0.2) is 25.2 Å². The van der Waals surface area contributed by atoms with E-state index in [0.717, 1.165) is 15.8 Å². The molecular weight excluding hydrogens is 410 g/mol. The van der Waals surface area contributed by atoms with Gasteiger partial charge in [0, 0.05) is 22.0 Å². The SMILES string of the molecule is Oc1ccc(Nc2nc3cc(Br)cnc3nc2Nc2ccc(O)cc2)cc1. The largest absolute Gasteiger partial charge is 0.508 e. The van der Waals surface area contributed by atoms with Crippen LogP contribution in [0.2, 0.25) is 0 Å². The summed E-state index contributed by atoms with van der Waals surface area (Å²) in [6.07, 6.45) is 1.66. The smallest absolute Gasteiger partial charge is 0.180 e. The summed E-state index contributed by atoms with van der Waals surface area (Å²) in [6, 6.07) is 15.1. The number of aromatic hydroxyl groups is 2. The minimum Gasteiger partial charge on any atom is -0.508 e. The molecule has 134 valence electrons. The maximum Gasteiger partial charge on any atom is 0.180 e. The van der Waals surface area contributed by atoms with Gasteiger partial charge in [-0.15, -0.1) is 0 Å². The molecule has 0 amide bonds. The highest BCUT2D eigenvalue weighted by molar-refractivity contribution is 9.10. The van der Waals surface area contributed by atoms with Gasteiger partial charge in [-0.05, 0) is 70.5 Å². The van der Waals surface area contributed by atoms with E-state index in [2.05, 4.69) is 41.5 Å². The van der Waals surface area contributed by atoms with Crippen LogP contribution in [0.1, 0.15) is 0 Å². The van der Waals surface area contributed by atoms with Crippen LogP contribution in [0.3, 0.4) is 0 Å². The Morgan fingerprint density at radius 1 is 0.741 bits per heavy atom. The van der Waals surface area contributed by atoms with Crippen LogP contribution >= 0.6 is 15.9 Å². The van der Waals surface area contributed by atoms with Gasteiger partial charge >= 0.3 is 0 Å². The topological polar surface area (TPSA) is 103 Å². The number of hydrogen-bond acceptors (Lipinski definition) is 7. The Balaban J connectivity index is 1.77. The van der Waals surface area contributed by atoms with Crippen molar-refractivity contribution in [3.05, 3.63) is 65.3 Å². The van der Waals surface area contributed by atoms with Crippen molar-refractivity contribution >= 4 is 50.1 Å². The van der Waals surface area contributed by atoms with Gasteiger partial charge in [-0.2, -0.15) is 0 Å². The molecule has 27 heavy (non-hydrogen) atoms. The third-order valence-corrected chi connectivity index (χ3v) is 4.18. The molecule has 7 nitrogen and oxygen atoms in total. The monoisotopic (exact) mass is 423 g/mol. The van der Waals surface area contributed by atoms with E-state index < -0.39 is 0 Å². The van der Waals surface area contributed by atoms with Gasteiger partial charge in [0.15, 0.2) is 17.3 Å². The van der Waals surface area contributed by atoms with Gasteiger partial charge < -0.3 is 20.8 Å². The number of pyridine rings is 1. The van der Waals surface area contributed by atoms with E-state index in [4.69, 9.17) is 0 Å². The average Bonchev–Trinajstić information content (AvgIpc) is 2.66. The first kappa shape index (κ1) is 17.0. The second-order valence-electron chi connectivity index (χ2n) is 5.76. The first-order valence-corrected chi connectivity index (χ1v) is 8.81. The summed E-state index contributed by atoms with van der Waals surface area (Å²) in [7, 11) is 0. The molecule has 4 N–H and O–H groups in total. The van der Waals surface area contributed by atoms with Crippen molar-refractivity contribution in [1.29, 1.82) is 0 Å². The lowest BCUT2D eigenvalue weighted by Gasteiger charge is -2.13. The van der Waals surface area contributed by atoms with Crippen LogP contribution in [0.4, 0.5) is 23.0 Å². The van der Waals surface area contributed by atoms with Crippen LogP contribution in [-0.2, 0) is 0 Å². The van der Waals surface area contributed by atoms with E-state index in [-0.39, 0.29) is 11.5 Å². The molecule has 0 bridgehead atoms. The molecule has 0 unspecified atom stereocenters. The summed E-state index contributed by atoms with van der Waals surface area (Å²) in [6.45, 7) is 0. The number of anilines is 4. The number of hydrogen-bond donors (Lipinski definition) is 4. The number of nitrogens with one attached hydrogen (secondary N) is 2. The summed E-state index contributed by atoms with van der Waals surface area (Å²) in [5.41, 5.74) is 2.61. The van der Waals surface area contributed by atoms with E-state index in [9.17, 15) is 10.2 Å². The van der Waals surface area contributed by atoms with E-state index in [0.29, 0.717) is 22.8 Å². The number of nitrogens with zero attached hydrogens (tertiary/aromatic N) is 3. The molecule has 2 heterocycles. The van der Waals surface area contributed by atoms with Gasteiger partial charge in [-0.25, -0.2) is 15.0 Å². The summed E-state index contributed by atoms with van der Waals surface area (Å²) < 4.78 is 0.805. The van der Waals surface area contributed by atoms with E-state index in [1.165, 1.54) is 0 Å². The second kappa shape index (κ2) is 7.08.